The zero-order chi connectivity index (χ0) is 15.2. The summed E-state index contributed by atoms with van der Waals surface area (Å²) in [4.78, 5) is 23.2. The van der Waals surface area contributed by atoms with Crippen LogP contribution in [0.5, 0.6) is 0 Å². The monoisotopic (exact) mass is 293 g/mol. The van der Waals surface area contributed by atoms with Gasteiger partial charge in [-0.1, -0.05) is 31.0 Å². The molecule has 1 atom stereocenters. The predicted octanol–water partition coefficient (Wildman–Crippen LogP) is 2.52. The van der Waals surface area contributed by atoms with E-state index in [1.807, 2.05) is 0 Å². The van der Waals surface area contributed by atoms with E-state index in [1.54, 1.807) is 12.1 Å². The number of hydrogen-bond donors (Lipinski definition) is 2. The van der Waals surface area contributed by atoms with E-state index in [2.05, 4.69) is 5.32 Å². The maximum Gasteiger partial charge on any atom is 0.326 e. The molecule has 0 saturated heterocycles. The molecule has 2 rings (SSSR count). The molecule has 0 bridgehead atoms. The summed E-state index contributed by atoms with van der Waals surface area (Å²) in [6, 6.07) is 4.93. The van der Waals surface area contributed by atoms with Crippen LogP contribution >= 0.6 is 0 Å². The van der Waals surface area contributed by atoms with Gasteiger partial charge >= 0.3 is 5.97 Å². The Morgan fingerprint density at radius 1 is 1.29 bits per heavy atom. The summed E-state index contributed by atoms with van der Waals surface area (Å²) in [7, 11) is 0. The number of halogens is 1. The molecular formula is C16H20FNO3. The van der Waals surface area contributed by atoms with Crippen molar-refractivity contribution in [3.05, 3.63) is 35.6 Å². The minimum atomic E-state index is -1.14. The van der Waals surface area contributed by atoms with Crippen molar-refractivity contribution in [2.75, 3.05) is 0 Å². The van der Waals surface area contributed by atoms with Crippen LogP contribution in [0.1, 0.15) is 37.7 Å². The van der Waals surface area contributed by atoms with Crippen molar-refractivity contribution < 1.29 is 19.1 Å². The fourth-order valence-corrected chi connectivity index (χ4v) is 2.81. The van der Waals surface area contributed by atoms with Crippen LogP contribution in [-0.2, 0) is 16.0 Å². The van der Waals surface area contributed by atoms with Crippen LogP contribution in [0.4, 0.5) is 4.39 Å². The zero-order valence-corrected chi connectivity index (χ0v) is 11.8. The van der Waals surface area contributed by atoms with Crippen LogP contribution in [0.15, 0.2) is 24.3 Å². The van der Waals surface area contributed by atoms with Gasteiger partial charge in [-0.05, 0) is 30.4 Å². The first-order chi connectivity index (χ1) is 10.1. The van der Waals surface area contributed by atoms with Gasteiger partial charge in [-0.2, -0.15) is 0 Å². The SMILES string of the molecule is O=C(CC1CCCC1)N[C@H](Cc1ccccc1F)C(=O)O. The molecule has 1 aliphatic carbocycles. The van der Waals surface area contributed by atoms with Crippen molar-refractivity contribution >= 4 is 11.9 Å². The summed E-state index contributed by atoms with van der Waals surface area (Å²) in [5.74, 6) is -1.50. The second kappa shape index (κ2) is 7.20. The number of carbonyl (C=O) groups is 2. The van der Waals surface area contributed by atoms with Crippen molar-refractivity contribution in [3.63, 3.8) is 0 Å². The molecule has 1 saturated carbocycles. The smallest absolute Gasteiger partial charge is 0.326 e. The van der Waals surface area contributed by atoms with Crippen molar-refractivity contribution in [1.82, 2.24) is 5.32 Å². The first-order valence-corrected chi connectivity index (χ1v) is 7.32. The van der Waals surface area contributed by atoms with Gasteiger partial charge in [0.05, 0.1) is 0 Å². The minimum Gasteiger partial charge on any atom is -0.480 e. The Bertz CT molecular complexity index is 512. The van der Waals surface area contributed by atoms with E-state index < -0.39 is 17.8 Å². The van der Waals surface area contributed by atoms with Gasteiger partial charge < -0.3 is 10.4 Å². The maximum atomic E-state index is 13.6. The van der Waals surface area contributed by atoms with E-state index in [0.29, 0.717) is 17.9 Å². The quantitative estimate of drug-likeness (QED) is 0.847. The molecule has 2 N–H and O–H groups in total. The molecule has 0 aromatic heterocycles. The summed E-state index contributed by atoms with van der Waals surface area (Å²) in [5.41, 5.74) is 0.297. The Balaban J connectivity index is 1.94. The summed E-state index contributed by atoms with van der Waals surface area (Å²) in [6.07, 6.45) is 4.64. The number of amides is 1. The highest BCUT2D eigenvalue weighted by molar-refractivity contribution is 5.83. The number of aliphatic carboxylic acids is 1. The fraction of sp³-hybridized carbons (Fsp3) is 0.500. The van der Waals surface area contributed by atoms with E-state index in [0.717, 1.165) is 25.7 Å². The van der Waals surface area contributed by atoms with E-state index in [-0.39, 0.29) is 12.3 Å². The lowest BCUT2D eigenvalue weighted by Gasteiger charge is -2.16. The van der Waals surface area contributed by atoms with Crippen LogP contribution in [0.3, 0.4) is 0 Å². The summed E-state index contributed by atoms with van der Waals surface area (Å²) in [5, 5.41) is 11.7. The van der Waals surface area contributed by atoms with Crippen molar-refractivity contribution in [2.24, 2.45) is 5.92 Å². The van der Waals surface area contributed by atoms with E-state index in [1.165, 1.54) is 12.1 Å². The zero-order valence-electron chi connectivity index (χ0n) is 11.8. The molecule has 0 spiro atoms. The second-order valence-corrected chi connectivity index (χ2v) is 5.61. The maximum absolute atomic E-state index is 13.6. The molecule has 0 unspecified atom stereocenters. The topological polar surface area (TPSA) is 66.4 Å². The van der Waals surface area contributed by atoms with Gasteiger partial charge in [0.15, 0.2) is 0 Å². The van der Waals surface area contributed by atoms with Gasteiger partial charge in [0.2, 0.25) is 5.91 Å². The lowest BCUT2D eigenvalue weighted by Crippen LogP contribution is -2.42. The molecule has 1 fully saturated rings. The molecule has 5 heteroatoms. The van der Waals surface area contributed by atoms with Crippen molar-refractivity contribution in [3.8, 4) is 0 Å². The normalized spacial score (nSPS) is 16.6. The summed E-state index contributed by atoms with van der Waals surface area (Å²) in [6.45, 7) is 0. The van der Waals surface area contributed by atoms with Crippen molar-refractivity contribution in [2.45, 2.75) is 44.6 Å². The van der Waals surface area contributed by atoms with Gasteiger partial charge in [0, 0.05) is 12.8 Å². The number of carboxylic acid groups (broad SMARTS) is 1. The number of carboxylic acids is 1. The Morgan fingerprint density at radius 3 is 2.57 bits per heavy atom. The summed E-state index contributed by atoms with van der Waals surface area (Å²) >= 11 is 0. The number of carbonyl (C=O) groups excluding carboxylic acids is 1. The third kappa shape index (κ3) is 4.55. The van der Waals surface area contributed by atoms with E-state index >= 15 is 0 Å². The minimum absolute atomic E-state index is 0.0432. The highest BCUT2D eigenvalue weighted by Gasteiger charge is 2.24. The largest absolute Gasteiger partial charge is 0.480 e. The first kappa shape index (κ1) is 15.5. The molecular weight excluding hydrogens is 273 g/mol. The highest BCUT2D eigenvalue weighted by Crippen LogP contribution is 2.27. The Kier molecular flexibility index (Phi) is 5.31. The van der Waals surface area contributed by atoms with Crippen LogP contribution in [-0.4, -0.2) is 23.0 Å². The second-order valence-electron chi connectivity index (χ2n) is 5.61. The lowest BCUT2D eigenvalue weighted by molar-refractivity contribution is -0.141. The molecule has 1 aromatic rings. The molecule has 1 aliphatic rings. The summed E-state index contributed by atoms with van der Waals surface area (Å²) < 4.78 is 13.6. The van der Waals surface area contributed by atoms with Gasteiger partial charge in [-0.25, -0.2) is 9.18 Å². The van der Waals surface area contributed by atoms with E-state index in [9.17, 15) is 19.1 Å². The standard InChI is InChI=1S/C16H20FNO3/c17-13-8-4-3-7-12(13)10-14(16(20)21)18-15(19)9-11-5-1-2-6-11/h3-4,7-8,11,14H,1-2,5-6,9-10H2,(H,18,19)(H,20,21)/t14-/m1/s1. The van der Waals surface area contributed by atoms with Crippen LogP contribution in [0, 0.1) is 11.7 Å². The van der Waals surface area contributed by atoms with Gasteiger partial charge in [-0.3, -0.25) is 4.79 Å². The molecule has 4 nitrogen and oxygen atoms in total. The lowest BCUT2D eigenvalue weighted by atomic mass is 10.0. The fourth-order valence-electron chi connectivity index (χ4n) is 2.81. The van der Waals surface area contributed by atoms with Crippen molar-refractivity contribution in [1.29, 1.82) is 0 Å². The Morgan fingerprint density at radius 2 is 1.95 bits per heavy atom. The average molecular weight is 293 g/mol. The Hall–Kier alpha value is -1.91. The van der Waals surface area contributed by atoms with Crippen LogP contribution in [0.25, 0.3) is 0 Å². The van der Waals surface area contributed by atoms with Gasteiger partial charge in [-0.15, -0.1) is 0 Å². The number of hydrogen-bond acceptors (Lipinski definition) is 2. The molecule has 0 radical (unpaired) electrons. The predicted molar refractivity (Wildman–Crippen MR) is 76.2 cm³/mol. The average Bonchev–Trinajstić information content (AvgIpc) is 2.93. The van der Waals surface area contributed by atoms with Crippen LogP contribution < -0.4 is 5.32 Å². The first-order valence-electron chi connectivity index (χ1n) is 7.32. The Labute approximate surface area is 123 Å². The van der Waals surface area contributed by atoms with E-state index in [4.69, 9.17) is 0 Å². The van der Waals surface area contributed by atoms with Gasteiger partial charge in [0.25, 0.3) is 0 Å². The third-order valence-electron chi connectivity index (χ3n) is 3.96. The molecule has 0 heterocycles. The molecule has 1 aromatic carbocycles. The molecule has 114 valence electrons. The third-order valence-corrected chi connectivity index (χ3v) is 3.96. The van der Waals surface area contributed by atoms with Crippen LogP contribution in [0.2, 0.25) is 0 Å². The number of nitrogens with one attached hydrogen (secondary N) is 1. The molecule has 1 amide bonds. The molecule has 0 aliphatic heterocycles. The molecule has 21 heavy (non-hydrogen) atoms. The number of benzene rings is 1. The highest BCUT2D eigenvalue weighted by atomic mass is 19.1. The van der Waals surface area contributed by atoms with Gasteiger partial charge in [0.1, 0.15) is 11.9 Å². The number of rotatable bonds is 6.